The van der Waals surface area contributed by atoms with Crippen molar-refractivity contribution < 1.29 is 9.53 Å². The van der Waals surface area contributed by atoms with Gasteiger partial charge in [-0.25, -0.2) is 4.98 Å². The van der Waals surface area contributed by atoms with Gasteiger partial charge in [-0.3, -0.25) is 4.79 Å². The summed E-state index contributed by atoms with van der Waals surface area (Å²) in [4.78, 5) is 16.7. The van der Waals surface area contributed by atoms with E-state index >= 15 is 0 Å². The van der Waals surface area contributed by atoms with Crippen LogP contribution in [0.15, 0.2) is 5.51 Å². The van der Waals surface area contributed by atoms with Crippen LogP contribution >= 0.6 is 22.9 Å². The van der Waals surface area contributed by atoms with E-state index in [1.165, 1.54) is 24.2 Å². The summed E-state index contributed by atoms with van der Waals surface area (Å²) in [5, 5.41) is 3.45. The number of hydrogen-bond acceptors (Lipinski definition) is 4. The van der Waals surface area contributed by atoms with Crippen molar-refractivity contribution in [3.8, 4) is 0 Å². The number of hydrogen-bond donors (Lipinski definition) is 1. The van der Waals surface area contributed by atoms with Crippen molar-refractivity contribution in [3.05, 3.63) is 15.5 Å². The molecule has 0 bridgehead atoms. The van der Waals surface area contributed by atoms with Crippen LogP contribution in [0.3, 0.4) is 0 Å². The van der Waals surface area contributed by atoms with Gasteiger partial charge in [0.2, 0.25) is 0 Å². The molecule has 0 radical (unpaired) electrons. The minimum atomic E-state index is -0.0938. The summed E-state index contributed by atoms with van der Waals surface area (Å²) in [6.45, 7) is 2.78. The summed E-state index contributed by atoms with van der Waals surface area (Å²) in [6.07, 6.45) is 5.99. The van der Waals surface area contributed by atoms with Gasteiger partial charge in [0, 0.05) is 18.1 Å². The van der Waals surface area contributed by atoms with Crippen molar-refractivity contribution in [3.63, 3.8) is 0 Å². The Morgan fingerprint density at radius 3 is 2.95 bits per heavy atom. The van der Waals surface area contributed by atoms with E-state index in [2.05, 4.69) is 10.3 Å². The molecule has 1 spiro atoms. The Morgan fingerprint density at radius 1 is 1.60 bits per heavy atom. The third kappa shape index (κ3) is 2.26. The molecule has 0 aliphatic heterocycles. The van der Waals surface area contributed by atoms with Crippen molar-refractivity contribution in [1.29, 1.82) is 0 Å². The highest BCUT2D eigenvalue weighted by molar-refractivity contribution is 7.12. The Morgan fingerprint density at radius 2 is 2.35 bits per heavy atom. The first kappa shape index (κ1) is 14.3. The van der Waals surface area contributed by atoms with Crippen LogP contribution in [0.4, 0.5) is 0 Å². The average Bonchev–Trinajstić information content (AvgIpc) is 3.07. The van der Waals surface area contributed by atoms with Crippen LogP contribution in [0.5, 0.6) is 0 Å². The highest BCUT2D eigenvalue weighted by Gasteiger charge is 2.57. The van der Waals surface area contributed by atoms with Crippen LogP contribution in [0.2, 0.25) is 5.15 Å². The SMILES string of the molecule is CCO[C@@H]1C[C@@H](NC(=O)c2scnc2Cl)C12CCCC2. The van der Waals surface area contributed by atoms with Gasteiger partial charge < -0.3 is 10.1 Å². The number of rotatable bonds is 4. The van der Waals surface area contributed by atoms with Crippen LogP contribution in [0.1, 0.15) is 48.7 Å². The molecule has 3 rings (SSSR count). The fraction of sp³-hybridized carbons (Fsp3) is 0.714. The van der Waals surface area contributed by atoms with Crippen molar-refractivity contribution in [2.24, 2.45) is 5.41 Å². The molecule has 1 aromatic rings. The van der Waals surface area contributed by atoms with Crippen LogP contribution < -0.4 is 5.32 Å². The van der Waals surface area contributed by atoms with E-state index in [4.69, 9.17) is 16.3 Å². The lowest BCUT2D eigenvalue weighted by atomic mass is 9.60. The summed E-state index contributed by atoms with van der Waals surface area (Å²) < 4.78 is 5.85. The molecule has 1 heterocycles. The van der Waals surface area contributed by atoms with Crippen LogP contribution in [0, 0.1) is 5.41 Å². The van der Waals surface area contributed by atoms with E-state index in [-0.39, 0.29) is 17.4 Å². The average molecular weight is 315 g/mol. The lowest BCUT2D eigenvalue weighted by Gasteiger charge is -2.54. The van der Waals surface area contributed by atoms with Gasteiger partial charge in [-0.2, -0.15) is 0 Å². The number of ether oxygens (including phenoxy) is 1. The van der Waals surface area contributed by atoms with Crippen LogP contribution in [0.25, 0.3) is 0 Å². The van der Waals surface area contributed by atoms with Crippen LogP contribution in [-0.2, 0) is 4.74 Å². The molecular weight excluding hydrogens is 296 g/mol. The number of amides is 1. The number of carbonyl (C=O) groups excluding carboxylic acids is 1. The molecule has 0 saturated heterocycles. The monoisotopic (exact) mass is 314 g/mol. The van der Waals surface area contributed by atoms with Gasteiger partial charge in [0.15, 0.2) is 5.15 Å². The molecule has 4 nitrogen and oxygen atoms in total. The lowest BCUT2D eigenvalue weighted by molar-refractivity contribution is -0.127. The standard InChI is InChI=1S/C14H19ClN2O2S/c1-2-19-10-7-9(14(10)5-3-4-6-14)17-13(18)11-12(15)16-8-20-11/h8-10H,2-7H2,1H3,(H,17,18)/t9-,10-/m1/s1. The highest BCUT2D eigenvalue weighted by atomic mass is 35.5. The maximum Gasteiger partial charge on any atom is 0.264 e. The van der Waals surface area contributed by atoms with Gasteiger partial charge in [0.05, 0.1) is 11.6 Å². The number of carbonyl (C=O) groups is 1. The summed E-state index contributed by atoms with van der Waals surface area (Å²) in [5.74, 6) is -0.0938. The molecule has 2 aliphatic carbocycles. The van der Waals surface area contributed by atoms with Gasteiger partial charge in [-0.15, -0.1) is 11.3 Å². The Kier molecular flexibility index (Phi) is 4.02. The minimum Gasteiger partial charge on any atom is -0.378 e. The second kappa shape index (κ2) is 5.62. The maximum atomic E-state index is 12.3. The van der Waals surface area contributed by atoms with Crippen molar-refractivity contribution >= 4 is 28.8 Å². The quantitative estimate of drug-likeness (QED) is 0.928. The first-order valence-corrected chi connectivity index (χ1v) is 8.44. The molecule has 2 fully saturated rings. The smallest absolute Gasteiger partial charge is 0.264 e. The molecule has 1 aromatic heterocycles. The number of halogens is 1. The van der Waals surface area contributed by atoms with Crippen molar-refractivity contribution in [1.82, 2.24) is 10.3 Å². The Balaban J connectivity index is 1.69. The van der Waals surface area contributed by atoms with Gasteiger partial charge in [-0.05, 0) is 26.2 Å². The number of nitrogens with one attached hydrogen (secondary N) is 1. The number of thiazole rings is 1. The maximum absolute atomic E-state index is 12.3. The first-order valence-electron chi connectivity index (χ1n) is 7.19. The zero-order valence-electron chi connectivity index (χ0n) is 11.5. The van der Waals surface area contributed by atoms with E-state index < -0.39 is 0 Å². The molecule has 2 saturated carbocycles. The largest absolute Gasteiger partial charge is 0.378 e. The zero-order chi connectivity index (χ0) is 14.2. The summed E-state index contributed by atoms with van der Waals surface area (Å²) in [5.41, 5.74) is 1.76. The van der Waals surface area contributed by atoms with Crippen molar-refractivity contribution in [2.75, 3.05) is 6.61 Å². The lowest BCUT2D eigenvalue weighted by Crippen LogP contribution is -2.63. The van der Waals surface area contributed by atoms with E-state index in [1.807, 2.05) is 6.92 Å². The highest BCUT2D eigenvalue weighted by Crippen LogP contribution is 2.54. The molecule has 6 heteroatoms. The molecular formula is C14H19ClN2O2S. The van der Waals surface area contributed by atoms with Gasteiger partial charge in [0.25, 0.3) is 5.91 Å². The molecule has 0 aromatic carbocycles. The summed E-state index contributed by atoms with van der Waals surface area (Å²) in [6, 6.07) is 0.215. The van der Waals surface area contributed by atoms with Crippen molar-refractivity contribution in [2.45, 2.75) is 51.2 Å². The molecule has 1 N–H and O–H groups in total. The zero-order valence-corrected chi connectivity index (χ0v) is 13.1. The van der Waals surface area contributed by atoms with E-state index in [1.54, 1.807) is 5.51 Å². The Labute approximate surface area is 127 Å². The first-order chi connectivity index (χ1) is 9.67. The Hall–Kier alpha value is -0.650. The number of aromatic nitrogens is 1. The van der Waals surface area contributed by atoms with E-state index in [0.717, 1.165) is 25.9 Å². The number of nitrogens with zero attached hydrogens (tertiary/aromatic N) is 1. The topological polar surface area (TPSA) is 51.2 Å². The van der Waals surface area contributed by atoms with E-state index in [9.17, 15) is 4.79 Å². The molecule has 110 valence electrons. The minimum absolute atomic E-state index is 0.0938. The third-order valence-corrected chi connectivity index (χ3v) is 5.95. The van der Waals surface area contributed by atoms with E-state index in [0.29, 0.717) is 16.1 Å². The second-order valence-electron chi connectivity index (χ2n) is 5.62. The van der Waals surface area contributed by atoms with Gasteiger partial charge in [0.1, 0.15) is 4.88 Å². The summed E-state index contributed by atoms with van der Waals surface area (Å²) >= 11 is 7.21. The molecule has 20 heavy (non-hydrogen) atoms. The van der Waals surface area contributed by atoms with Gasteiger partial charge >= 0.3 is 0 Å². The fourth-order valence-electron chi connectivity index (χ4n) is 3.69. The summed E-state index contributed by atoms with van der Waals surface area (Å²) in [7, 11) is 0. The normalized spacial score (nSPS) is 27.5. The predicted octanol–water partition coefficient (Wildman–Crippen LogP) is 3.26. The molecule has 0 unspecified atom stereocenters. The van der Waals surface area contributed by atoms with Gasteiger partial charge in [-0.1, -0.05) is 24.4 Å². The predicted molar refractivity (Wildman–Crippen MR) is 79.3 cm³/mol. The third-order valence-electron chi connectivity index (χ3n) is 4.72. The fourth-order valence-corrected chi connectivity index (χ4v) is 4.60. The Bertz CT molecular complexity index is 499. The molecule has 2 atom stereocenters. The molecule has 2 aliphatic rings. The van der Waals surface area contributed by atoms with Crippen LogP contribution in [-0.4, -0.2) is 29.6 Å². The molecule has 1 amide bonds. The second-order valence-corrected chi connectivity index (χ2v) is 6.83.